The van der Waals surface area contributed by atoms with Gasteiger partial charge in [0.15, 0.2) is 5.82 Å². The van der Waals surface area contributed by atoms with Crippen molar-refractivity contribution in [3.05, 3.63) is 54.5 Å². The number of rotatable bonds is 2. The van der Waals surface area contributed by atoms with E-state index in [2.05, 4.69) is 34.3 Å². The van der Waals surface area contributed by atoms with E-state index in [0.29, 0.717) is 5.92 Å². The fourth-order valence-corrected chi connectivity index (χ4v) is 2.45. The van der Waals surface area contributed by atoms with E-state index in [9.17, 15) is 0 Å². The van der Waals surface area contributed by atoms with Gasteiger partial charge in [0.05, 0.1) is 0 Å². The van der Waals surface area contributed by atoms with Gasteiger partial charge in [-0.25, -0.2) is 9.67 Å². The second kappa shape index (κ2) is 3.67. The molecule has 3 heteroatoms. The van der Waals surface area contributed by atoms with Gasteiger partial charge in [-0.05, 0) is 30.4 Å². The Bertz CT molecular complexity index is 705. The molecule has 0 spiro atoms. The van der Waals surface area contributed by atoms with Gasteiger partial charge < -0.3 is 0 Å². The zero-order valence-corrected chi connectivity index (χ0v) is 9.95. The van der Waals surface area contributed by atoms with Gasteiger partial charge >= 0.3 is 0 Å². The summed E-state index contributed by atoms with van der Waals surface area (Å²) in [5.74, 6) is 1.62. The average molecular weight is 235 g/mol. The van der Waals surface area contributed by atoms with Crippen LogP contribution in [0.1, 0.15) is 24.5 Å². The van der Waals surface area contributed by atoms with Gasteiger partial charge in [-0.3, -0.25) is 0 Å². The second-order valence-electron chi connectivity index (χ2n) is 4.80. The molecule has 1 saturated carbocycles. The van der Waals surface area contributed by atoms with Gasteiger partial charge in [-0.2, -0.15) is 5.10 Å². The minimum absolute atomic E-state index is 0.674. The van der Waals surface area contributed by atoms with Crippen LogP contribution in [0.25, 0.3) is 16.6 Å². The molecule has 2 aromatic heterocycles. The van der Waals surface area contributed by atoms with Crippen molar-refractivity contribution in [3.63, 3.8) is 0 Å². The van der Waals surface area contributed by atoms with Crippen molar-refractivity contribution in [2.45, 2.75) is 18.8 Å². The maximum atomic E-state index is 4.52. The van der Waals surface area contributed by atoms with E-state index < -0.39 is 0 Å². The first-order valence-corrected chi connectivity index (χ1v) is 6.31. The van der Waals surface area contributed by atoms with E-state index in [4.69, 9.17) is 0 Å². The number of hydrogen-bond acceptors (Lipinski definition) is 2. The van der Waals surface area contributed by atoms with Crippen LogP contribution >= 0.6 is 0 Å². The van der Waals surface area contributed by atoms with E-state index in [1.54, 1.807) is 0 Å². The first-order valence-electron chi connectivity index (χ1n) is 6.31. The highest BCUT2D eigenvalue weighted by Gasteiger charge is 2.27. The Kier molecular flexibility index (Phi) is 2.00. The van der Waals surface area contributed by atoms with Gasteiger partial charge in [0, 0.05) is 29.4 Å². The van der Waals surface area contributed by atoms with Crippen LogP contribution in [0.4, 0.5) is 0 Å². The van der Waals surface area contributed by atoms with E-state index >= 15 is 0 Å². The van der Waals surface area contributed by atoms with E-state index in [-0.39, 0.29) is 0 Å². The summed E-state index contributed by atoms with van der Waals surface area (Å²) in [4.78, 5) is 4.52. The Morgan fingerprint density at radius 1 is 1.00 bits per heavy atom. The van der Waals surface area contributed by atoms with Gasteiger partial charge in [-0.15, -0.1) is 0 Å². The first-order chi connectivity index (χ1) is 8.93. The Morgan fingerprint density at radius 3 is 2.78 bits per heavy atom. The Morgan fingerprint density at radius 2 is 1.89 bits per heavy atom. The molecule has 1 fully saturated rings. The van der Waals surface area contributed by atoms with E-state index in [1.807, 2.05) is 29.2 Å². The SMILES string of the molecule is c1ccc2c(-n3nccc3C3CC3)nccc2c1. The van der Waals surface area contributed by atoms with Crippen LogP contribution in [0.2, 0.25) is 0 Å². The number of aromatic nitrogens is 3. The molecule has 3 nitrogen and oxygen atoms in total. The summed E-state index contributed by atoms with van der Waals surface area (Å²) in [6, 6.07) is 12.5. The molecular formula is C15H13N3. The quantitative estimate of drug-likeness (QED) is 0.682. The lowest BCUT2D eigenvalue weighted by Crippen LogP contribution is -2.04. The molecule has 4 rings (SSSR count). The largest absolute Gasteiger partial charge is 0.237 e. The Hall–Kier alpha value is -2.16. The molecule has 0 bridgehead atoms. The Labute approximate surface area is 105 Å². The highest BCUT2D eigenvalue weighted by Crippen LogP contribution is 2.40. The summed E-state index contributed by atoms with van der Waals surface area (Å²) in [6.07, 6.45) is 6.28. The maximum Gasteiger partial charge on any atom is 0.161 e. The van der Waals surface area contributed by atoms with Crippen LogP contribution in [0.5, 0.6) is 0 Å². The highest BCUT2D eigenvalue weighted by atomic mass is 15.3. The number of pyridine rings is 1. The molecular weight excluding hydrogens is 222 g/mol. The molecule has 0 N–H and O–H groups in total. The van der Waals surface area contributed by atoms with Crippen LogP contribution in [0.15, 0.2) is 48.8 Å². The molecule has 0 atom stereocenters. The second-order valence-corrected chi connectivity index (χ2v) is 4.80. The lowest BCUT2D eigenvalue weighted by molar-refractivity contribution is 0.791. The zero-order chi connectivity index (χ0) is 11.9. The van der Waals surface area contributed by atoms with E-state index in [1.165, 1.54) is 23.9 Å². The van der Waals surface area contributed by atoms with Crippen molar-refractivity contribution in [2.75, 3.05) is 0 Å². The summed E-state index contributed by atoms with van der Waals surface area (Å²) in [7, 11) is 0. The van der Waals surface area contributed by atoms with Gasteiger partial charge in [0.1, 0.15) is 0 Å². The monoisotopic (exact) mass is 235 g/mol. The number of nitrogens with zero attached hydrogens (tertiary/aromatic N) is 3. The molecule has 88 valence electrons. The van der Waals surface area contributed by atoms with Gasteiger partial charge in [0.25, 0.3) is 0 Å². The summed E-state index contributed by atoms with van der Waals surface area (Å²) in [5.41, 5.74) is 1.29. The van der Waals surface area contributed by atoms with Gasteiger partial charge in [0.2, 0.25) is 0 Å². The Balaban J connectivity index is 1.98. The zero-order valence-electron chi connectivity index (χ0n) is 9.95. The summed E-state index contributed by atoms with van der Waals surface area (Å²) in [6.45, 7) is 0. The average Bonchev–Trinajstić information content (AvgIpc) is 3.16. The number of benzene rings is 1. The molecule has 1 aliphatic carbocycles. The molecule has 0 aliphatic heterocycles. The topological polar surface area (TPSA) is 30.7 Å². The third-order valence-electron chi connectivity index (χ3n) is 3.52. The van der Waals surface area contributed by atoms with Crippen molar-refractivity contribution in [1.82, 2.24) is 14.8 Å². The normalized spacial score (nSPS) is 15.1. The van der Waals surface area contributed by atoms with E-state index in [0.717, 1.165) is 11.2 Å². The van der Waals surface area contributed by atoms with Crippen LogP contribution in [0, 0.1) is 0 Å². The summed E-state index contributed by atoms with van der Waals surface area (Å²) >= 11 is 0. The lowest BCUT2D eigenvalue weighted by Gasteiger charge is -2.08. The lowest BCUT2D eigenvalue weighted by atomic mass is 10.1. The van der Waals surface area contributed by atoms with Gasteiger partial charge in [-0.1, -0.05) is 24.3 Å². The molecule has 2 heterocycles. The van der Waals surface area contributed by atoms with Crippen molar-refractivity contribution in [2.24, 2.45) is 0 Å². The molecule has 0 radical (unpaired) electrons. The fourth-order valence-electron chi connectivity index (χ4n) is 2.45. The maximum absolute atomic E-state index is 4.52. The minimum Gasteiger partial charge on any atom is -0.237 e. The minimum atomic E-state index is 0.674. The third kappa shape index (κ3) is 1.44. The summed E-state index contributed by atoms with van der Waals surface area (Å²) in [5, 5.41) is 6.82. The molecule has 1 aromatic carbocycles. The summed E-state index contributed by atoms with van der Waals surface area (Å²) < 4.78 is 2.00. The van der Waals surface area contributed by atoms with Crippen LogP contribution in [0.3, 0.4) is 0 Å². The molecule has 18 heavy (non-hydrogen) atoms. The van der Waals surface area contributed by atoms with Crippen molar-refractivity contribution >= 4 is 10.8 Å². The molecule has 0 amide bonds. The number of fused-ring (bicyclic) bond motifs is 1. The molecule has 0 unspecified atom stereocenters. The molecule has 1 aliphatic rings. The number of hydrogen-bond donors (Lipinski definition) is 0. The first kappa shape index (κ1) is 9.83. The smallest absolute Gasteiger partial charge is 0.161 e. The third-order valence-corrected chi connectivity index (χ3v) is 3.52. The van der Waals surface area contributed by atoms with Crippen molar-refractivity contribution in [3.8, 4) is 5.82 Å². The van der Waals surface area contributed by atoms with Crippen LogP contribution in [-0.4, -0.2) is 14.8 Å². The standard InChI is InChI=1S/C15H13N3/c1-2-4-13-11(3-1)7-9-16-15(13)18-14(8-10-17-18)12-5-6-12/h1-4,7-10,12H,5-6H2. The molecule has 0 saturated heterocycles. The highest BCUT2D eigenvalue weighted by molar-refractivity contribution is 5.88. The van der Waals surface area contributed by atoms with Crippen LogP contribution < -0.4 is 0 Å². The fraction of sp³-hybridized carbons (Fsp3) is 0.200. The van der Waals surface area contributed by atoms with Crippen LogP contribution in [-0.2, 0) is 0 Å². The predicted molar refractivity (Wildman–Crippen MR) is 70.8 cm³/mol. The molecule has 3 aromatic rings. The predicted octanol–water partition coefficient (Wildman–Crippen LogP) is 3.30. The van der Waals surface area contributed by atoms with Crippen molar-refractivity contribution in [1.29, 1.82) is 0 Å². The van der Waals surface area contributed by atoms with Crippen molar-refractivity contribution < 1.29 is 0 Å².